The largest absolute Gasteiger partial charge is 0.369 e. The van der Waals surface area contributed by atoms with Crippen LogP contribution >= 0.6 is 0 Å². The monoisotopic (exact) mass is 385 g/mol. The molecule has 0 spiro atoms. The van der Waals surface area contributed by atoms with Crippen molar-refractivity contribution in [2.45, 2.75) is 25.7 Å². The van der Waals surface area contributed by atoms with Crippen LogP contribution in [0.15, 0.2) is 53.9 Å². The van der Waals surface area contributed by atoms with Gasteiger partial charge in [0, 0.05) is 31.5 Å². The number of nitrogens with one attached hydrogen (secondary N) is 2. The fraction of sp³-hybridized carbons (Fsp3) is 0.263. The third-order valence-electron chi connectivity index (χ3n) is 4.33. The molecule has 0 fully saturated rings. The normalized spacial score (nSPS) is 11.5. The molecule has 0 atom stereocenters. The Morgan fingerprint density at radius 1 is 0.926 bits per heavy atom. The Labute approximate surface area is 159 Å². The van der Waals surface area contributed by atoms with Gasteiger partial charge in [-0.15, -0.1) is 0 Å². The molecular weight excluding hydrogens is 362 g/mol. The first kappa shape index (κ1) is 19.1. The van der Waals surface area contributed by atoms with Crippen LogP contribution < -0.4 is 10.0 Å². The van der Waals surface area contributed by atoms with Gasteiger partial charge in [0.2, 0.25) is 10.0 Å². The van der Waals surface area contributed by atoms with Gasteiger partial charge < -0.3 is 9.88 Å². The zero-order valence-electron chi connectivity index (χ0n) is 15.6. The van der Waals surface area contributed by atoms with Crippen molar-refractivity contribution in [3.05, 3.63) is 65.7 Å². The molecule has 1 aromatic carbocycles. The summed E-state index contributed by atoms with van der Waals surface area (Å²) in [5.74, 6) is 1.37. The maximum Gasteiger partial charge on any atom is 0.240 e. The van der Waals surface area contributed by atoms with Crippen molar-refractivity contribution in [3.63, 3.8) is 0 Å². The molecule has 2 heterocycles. The first-order valence-electron chi connectivity index (χ1n) is 8.63. The van der Waals surface area contributed by atoms with E-state index >= 15 is 0 Å². The number of rotatable bonds is 7. The van der Waals surface area contributed by atoms with E-state index in [1.807, 2.05) is 62.0 Å². The van der Waals surface area contributed by atoms with E-state index in [1.54, 1.807) is 6.07 Å². The molecule has 0 unspecified atom stereocenters. The Morgan fingerprint density at radius 2 is 1.63 bits per heavy atom. The topological polar surface area (TPSA) is 88.9 Å². The Balaban J connectivity index is 1.60. The molecule has 142 valence electrons. The summed E-state index contributed by atoms with van der Waals surface area (Å²) in [6, 6.07) is 9.25. The van der Waals surface area contributed by atoms with Crippen LogP contribution in [-0.2, 0) is 10.0 Å². The second-order valence-electron chi connectivity index (χ2n) is 6.38. The van der Waals surface area contributed by atoms with Crippen LogP contribution in [0.4, 0.5) is 5.82 Å². The maximum absolute atomic E-state index is 12.6. The standard InChI is InChI=1S/C19H23N5O2S/c1-14-10-16(3)17(11-15(14)2)27(25,26)23-7-6-20-18-12-19(22-13-21-18)24-8-4-5-9-24/h4-5,8-13,23H,6-7H2,1-3H3,(H,20,21,22). The predicted octanol–water partition coefficient (Wildman–Crippen LogP) is 2.58. The molecule has 0 radical (unpaired) electrons. The van der Waals surface area contributed by atoms with E-state index in [1.165, 1.54) is 6.33 Å². The lowest BCUT2D eigenvalue weighted by atomic mass is 10.1. The van der Waals surface area contributed by atoms with Gasteiger partial charge in [-0.3, -0.25) is 0 Å². The van der Waals surface area contributed by atoms with Gasteiger partial charge in [-0.1, -0.05) is 6.07 Å². The first-order valence-corrected chi connectivity index (χ1v) is 10.1. The number of aryl methyl sites for hydroxylation is 3. The van der Waals surface area contributed by atoms with Gasteiger partial charge in [0.1, 0.15) is 18.0 Å². The fourth-order valence-corrected chi connectivity index (χ4v) is 4.09. The van der Waals surface area contributed by atoms with Crippen LogP contribution in [-0.4, -0.2) is 36.0 Å². The molecule has 2 aromatic heterocycles. The van der Waals surface area contributed by atoms with Gasteiger partial charge >= 0.3 is 0 Å². The van der Waals surface area contributed by atoms with Crippen LogP contribution in [0.3, 0.4) is 0 Å². The zero-order valence-corrected chi connectivity index (χ0v) is 16.4. The van der Waals surface area contributed by atoms with E-state index in [0.29, 0.717) is 17.3 Å². The average molecular weight is 385 g/mol. The summed E-state index contributed by atoms with van der Waals surface area (Å²) in [4.78, 5) is 8.70. The summed E-state index contributed by atoms with van der Waals surface area (Å²) in [5.41, 5.74) is 2.78. The number of benzene rings is 1. The number of hydrogen-bond acceptors (Lipinski definition) is 5. The lowest BCUT2D eigenvalue weighted by molar-refractivity contribution is 0.582. The highest BCUT2D eigenvalue weighted by Gasteiger charge is 2.17. The smallest absolute Gasteiger partial charge is 0.240 e. The Kier molecular flexibility index (Phi) is 5.57. The van der Waals surface area contributed by atoms with E-state index in [4.69, 9.17) is 0 Å². The molecule has 3 rings (SSSR count). The summed E-state index contributed by atoms with van der Waals surface area (Å²) in [5, 5.41) is 3.11. The molecule has 3 aromatic rings. The summed E-state index contributed by atoms with van der Waals surface area (Å²) >= 11 is 0. The van der Waals surface area contributed by atoms with Crippen molar-refractivity contribution in [2.75, 3.05) is 18.4 Å². The van der Waals surface area contributed by atoms with E-state index < -0.39 is 10.0 Å². The van der Waals surface area contributed by atoms with Gasteiger partial charge in [-0.2, -0.15) is 0 Å². The Bertz CT molecular complexity index is 1030. The van der Waals surface area contributed by atoms with Crippen molar-refractivity contribution >= 4 is 15.8 Å². The summed E-state index contributed by atoms with van der Waals surface area (Å²) in [6.45, 7) is 6.35. The van der Waals surface area contributed by atoms with Crippen LogP contribution in [0.25, 0.3) is 5.82 Å². The number of anilines is 1. The molecule has 0 saturated heterocycles. The minimum absolute atomic E-state index is 0.248. The second kappa shape index (κ2) is 7.89. The Morgan fingerprint density at radius 3 is 2.37 bits per heavy atom. The lowest BCUT2D eigenvalue weighted by Crippen LogP contribution is -2.29. The van der Waals surface area contributed by atoms with Gasteiger partial charge in [0.05, 0.1) is 4.90 Å². The molecule has 0 aliphatic heterocycles. The molecule has 0 saturated carbocycles. The van der Waals surface area contributed by atoms with Crippen LogP contribution in [0, 0.1) is 20.8 Å². The Hall–Kier alpha value is -2.71. The van der Waals surface area contributed by atoms with Gasteiger partial charge in [0.15, 0.2) is 0 Å². The molecule has 2 N–H and O–H groups in total. The molecule has 0 aliphatic carbocycles. The van der Waals surface area contributed by atoms with Crippen LogP contribution in [0.5, 0.6) is 0 Å². The lowest BCUT2D eigenvalue weighted by Gasteiger charge is -2.12. The minimum Gasteiger partial charge on any atom is -0.369 e. The molecule has 0 amide bonds. The SMILES string of the molecule is Cc1cc(C)c(S(=O)(=O)NCCNc2cc(-n3cccc3)ncn2)cc1C. The van der Waals surface area contributed by atoms with Gasteiger partial charge in [0.25, 0.3) is 0 Å². The third-order valence-corrected chi connectivity index (χ3v) is 5.93. The van der Waals surface area contributed by atoms with E-state index in [-0.39, 0.29) is 6.54 Å². The number of hydrogen-bond donors (Lipinski definition) is 2. The predicted molar refractivity (Wildman–Crippen MR) is 106 cm³/mol. The van der Waals surface area contributed by atoms with Crippen molar-refractivity contribution in [1.29, 1.82) is 0 Å². The highest BCUT2D eigenvalue weighted by molar-refractivity contribution is 7.89. The highest BCUT2D eigenvalue weighted by Crippen LogP contribution is 2.19. The summed E-state index contributed by atoms with van der Waals surface area (Å²) in [7, 11) is -3.56. The highest BCUT2D eigenvalue weighted by atomic mass is 32.2. The first-order chi connectivity index (χ1) is 12.9. The molecule has 0 aliphatic rings. The minimum atomic E-state index is -3.56. The molecule has 7 nitrogen and oxygen atoms in total. The van der Waals surface area contributed by atoms with E-state index in [9.17, 15) is 8.42 Å². The van der Waals surface area contributed by atoms with E-state index in [2.05, 4.69) is 20.0 Å². The van der Waals surface area contributed by atoms with Crippen LogP contribution in [0.2, 0.25) is 0 Å². The van der Waals surface area contributed by atoms with Crippen molar-refractivity contribution < 1.29 is 8.42 Å². The third kappa shape index (κ3) is 4.53. The number of aromatic nitrogens is 3. The van der Waals surface area contributed by atoms with Crippen molar-refractivity contribution in [1.82, 2.24) is 19.3 Å². The quantitative estimate of drug-likeness (QED) is 0.610. The molecule has 27 heavy (non-hydrogen) atoms. The molecule has 8 heteroatoms. The van der Waals surface area contributed by atoms with Crippen LogP contribution in [0.1, 0.15) is 16.7 Å². The summed E-state index contributed by atoms with van der Waals surface area (Å²) in [6.07, 6.45) is 5.26. The molecule has 0 bridgehead atoms. The zero-order chi connectivity index (χ0) is 19.4. The van der Waals surface area contributed by atoms with E-state index in [0.717, 1.165) is 22.5 Å². The second-order valence-corrected chi connectivity index (χ2v) is 8.11. The van der Waals surface area contributed by atoms with Gasteiger partial charge in [-0.25, -0.2) is 23.1 Å². The molecular formula is C19H23N5O2S. The number of sulfonamides is 1. The summed E-state index contributed by atoms with van der Waals surface area (Å²) < 4.78 is 29.6. The van der Waals surface area contributed by atoms with Crippen molar-refractivity contribution in [3.8, 4) is 5.82 Å². The number of nitrogens with zero attached hydrogens (tertiary/aromatic N) is 3. The average Bonchev–Trinajstić information content (AvgIpc) is 3.17. The van der Waals surface area contributed by atoms with Crippen molar-refractivity contribution in [2.24, 2.45) is 0 Å². The maximum atomic E-state index is 12.6. The van der Waals surface area contributed by atoms with Gasteiger partial charge in [-0.05, 0) is 55.7 Å². The fourth-order valence-electron chi connectivity index (χ4n) is 2.75.